The first-order chi connectivity index (χ1) is 11.6. The minimum Gasteiger partial charge on any atom is -0.372 e. The van der Waals surface area contributed by atoms with E-state index in [1.165, 1.54) is 0 Å². The highest BCUT2D eigenvalue weighted by Crippen LogP contribution is 2.23. The quantitative estimate of drug-likeness (QED) is 0.879. The number of rotatable bonds is 5. The van der Waals surface area contributed by atoms with Crippen LogP contribution in [0, 0.1) is 0 Å². The second-order valence-electron chi connectivity index (χ2n) is 5.88. The van der Waals surface area contributed by atoms with Gasteiger partial charge in [0, 0.05) is 23.1 Å². The summed E-state index contributed by atoms with van der Waals surface area (Å²) in [4.78, 5) is 21.3. The molecule has 1 aliphatic heterocycles. The number of nitrogens with one attached hydrogen (secondary N) is 1. The first kappa shape index (κ1) is 17.3. The maximum atomic E-state index is 12.4. The van der Waals surface area contributed by atoms with Gasteiger partial charge in [0.2, 0.25) is 5.91 Å². The van der Waals surface area contributed by atoms with Crippen LogP contribution in [-0.4, -0.2) is 40.0 Å². The average Bonchev–Trinajstić information content (AvgIpc) is 3.09. The number of aromatic amines is 1. The molecule has 2 heterocycles. The van der Waals surface area contributed by atoms with E-state index < -0.39 is 0 Å². The van der Waals surface area contributed by atoms with E-state index in [0.717, 1.165) is 24.1 Å². The van der Waals surface area contributed by atoms with Gasteiger partial charge in [-0.15, -0.1) is 0 Å². The van der Waals surface area contributed by atoms with Crippen LogP contribution in [0.4, 0.5) is 0 Å². The monoisotopic (exact) mass is 367 g/mol. The highest BCUT2D eigenvalue weighted by Gasteiger charge is 2.23. The molecule has 1 aromatic heterocycles. The van der Waals surface area contributed by atoms with E-state index in [-0.39, 0.29) is 12.0 Å². The summed E-state index contributed by atoms with van der Waals surface area (Å²) in [5, 5.41) is 1.11. The fourth-order valence-electron chi connectivity index (χ4n) is 2.78. The van der Waals surface area contributed by atoms with Crippen LogP contribution in [0.5, 0.6) is 0 Å². The molecule has 1 fully saturated rings. The van der Waals surface area contributed by atoms with Crippen molar-refractivity contribution < 1.29 is 9.53 Å². The zero-order valence-corrected chi connectivity index (χ0v) is 14.7. The lowest BCUT2D eigenvalue weighted by Gasteiger charge is -2.32. The minimum absolute atomic E-state index is 0.0891. The lowest BCUT2D eigenvalue weighted by atomic mass is 10.1. The van der Waals surface area contributed by atoms with E-state index in [1.807, 2.05) is 11.0 Å². The Balaban J connectivity index is 1.46. The number of halogens is 2. The van der Waals surface area contributed by atoms with Crippen molar-refractivity contribution in [2.45, 2.75) is 32.0 Å². The molecule has 128 valence electrons. The third kappa shape index (κ3) is 4.50. The molecule has 24 heavy (non-hydrogen) atoms. The normalized spacial score (nSPS) is 15.7. The first-order valence-corrected chi connectivity index (χ1v) is 8.68. The summed E-state index contributed by atoms with van der Waals surface area (Å²) >= 11 is 12.0. The van der Waals surface area contributed by atoms with E-state index in [2.05, 4.69) is 9.97 Å². The molecule has 1 saturated heterocycles. The standard InChI is InChI=1S/C17H19Cl2N3O2/c18-13-2-1-12(16(19)8-13)7-17(23)22-5-3-15(4-6-22)24-10-14-9-20-11-21-14/h1-2,8-9,11,15H,3-7,10H2,(H,20,21). The van der Waals surface area contributed by atoms with Crippen molar-refractivity contribution >= 4 is 29.1 Å². The topological polar surface area (TPSA) is 58.2 Å². The highest BCUT2D eigenvalue weighted by atomic mass is 35.5. The number of hydrogen-bond acceptors (Lipinski definition) is 3. The molecule has 0 spiro atoms. The van der Waals surface area contributed by atoms with Crippen molar-refractivity contribution in [3.05, 3.63) is 52.0 Å². The summed E-state index contributed by atoms with van der Waals surface area (Å²) in [6.45, 7) is 1.94. The molecule has 0 atom stereocenters. The van der Waals surface area contributed by atoms with Gasteiger partial charge in [-0.05, 0) is 30.5 Å². The van der Waals surface area contributed by atoms with E-state index in [0.29, 0.717) is 36.2 Å². The lowest BCUT2D eigenvalue weighted by molar-refractivity contribution is -0.133. The van der Waals surface area contributed by atoms with Crippen LogP contribution in [0.1, 0.15) is 24.1 Å². The molecule has 0 radical (unpaired) electrons. The third-order valence-electron chi connectivity index (χ3n) is 4.18. The number of carbonyl (C=O) groups excluding carboxylic acids is 1. The molecule has 1 N–H and O–H groups in total. The summed E-state index contributed by atoms with van der Waals surface area (Å²) < 4.78 is 5.86. The molecular weight excluding hydrogens is 349 g/mol. The van der Waals surface area contributed by atoms with Crippen LogP contribution in [0.2, 0.25) is 10.0 Å². The van der Waals surface area contributed by atoms with Gasteiger partial charge in [0.1, 0.15) is 0 Å². The maximum Gasteiger partial charge on any atom is 0.227 e. The van der Waals surface area contributed by atoms with Gasteiger partial charge in [-0.2, -0.15) is 0 Å². The average molecular weight is 368 g/mol. The molecule has 0 aliphatic carbocycles. The van der Waals surface area contributed by atoms with E-state index in [1.54, 1.807) is 24.7 Å². The largest absolute Gasteiger partial charge is 0.372 e. The number of aromatic nitrogens is 2. The molecule has 1 aliphatic rings. The van der Waals surface area contributed by atoms with E-state index >= 15 is 0 Å². The Morgan fingerprint density at radius 1 is 1.33 bits per heavy atom. The number of carbonyl (C=O) groups is 1. The molecule has 1 amide bonds. The highest BCUT2D eigenvalue weighted by molar-refractivity contribution is 6.35. The van der Waals surface area contributed by atoms with Crippen molar-refractivity contribution in [3.63, 3.8) is 0 Å². The minimum atomic E-state index is 0.0891. The third-order valence-corrected chi connectivity index (χ3v) is 4.77. The summed E-state index contributed by atoms with van der Waals surface area (Å²) in [5.41, 5.74) is 1.77. The Hall–Kier alpha value is -1.56. The smallest absolute Gasteiger partial charge is 0.227 e. The maximum absolute atomic E-state index is 12.4. The lowest BCUT2D eigenvalue weighted by Crippen LogP contribution is -2.41. The van der Waals surface area contributed by atoms with Gasteiger partial charge in [0.15, 0.2) is 0 Å². The predicted molar refractivity (Wildman–Crippen MR) is 93.1 cm³/mol. The van der Waals surface area contributed by atoms with Crippen LogP contribution < -0.4 is 0 Å². The van der Waals surface area contributed by atoms with Crippen LogP contribution in [0.3, 0.4) is 0 Å². The Kier molecular flexibility index (Phi) is 5.76. The number of ether oxygens (including phenoxy) is 1. The molecule has 0 bridgehead atoms. The number of hydrogen-bond donors (Lipinski definition) is 1. The number of amides is 1. The van der Waals surface area contributed by atoms with Gasteiger partial charge in [0.05, 0.1) is 37.3 Å². The fourth-order valence-corrected chi connectivity index (χ4v) is 3.26. The molecule has 1 aromatic carbocycles. The van der Waals surface area contributed by atoms with Crippen LogP contribution in [0.15, 0.2) is 30.7 Å². The Bertz CT molecular complexity index is 683. The Morgan fingerprint density at radius 2 is 2.12 bits per heavy atom. The number of likely N-dealkylation sites (tertiary alicyclic amines) is 1. The van der Waals surface area contributed by atoms with Crippen molar-refractivity contribution in [1.82, 2.24) is 14.9 Å². The number of benzene rings is 1. The second kappa shape index (κ2) is 8.01. The summed E-state index contributed by atoms with van der Waals surface area (Å²) in [5.74, 6) is 0.0891. The fraction of sp³-hybridized carbons (Fsp3) is 0.412. The van der Waals surface area contributed by atoms with Crippen LogP contribution >= 0.6 is 23.2 Å². The van der Waals surface area contributed by atoms with Crippen molar-refractivity contribution in [3.8, 4) is 0 Å². The number of imidazole rings is 1. The van der Waals surface area contributed by atoms with E-state index in [9.17, 15) is 4.79 Å². The van der Waals surface area contributed by atoms with Gasteiger partial charge in [-0.3, -0.25) is 4.79 Å². The molecule has 0 unspecified atom stereocenters. The molecule has 0 saturated carbocycles. The van der Waals surface area contributed by atoms with Gasteiger partial charge < -0.3 is 14.6 Å². The SMILES string of the molecule is O=C(Cc1ccc(Cl)cc1Cl)N1CCC(OCc2cnc[nH]2)CC1. The first-order valence-electron chi connectivity index (χ1n) is 7.92. The molecule has 5 nitrogen and oxygen atoms in total. The Labute approximate surface area is 150 Å². The number of nitrogens with zero attached hydrogens (tertiary/aromatic N) is 2. The number of piperidine rings is 1. The molecule has 2 aromatic rings. The van der Waals surface area contributed by atoms with Crippen molar-refractivity contribution in [1.29, 1.82) is 0 Å². The van der Waals surface area contributed by atoms with Crippen molar-refractivity contribution in [2.24, 2.45) is 0 Å². The second-order valence-corrected chi connectivity index (χ2v) is 6.72. The van der Waals surface area contributed by atoms with Crippen LogP contribution in [-0.2, 0) is 22.6 Å². The predicted octanol–water partition coefficient (Wildman–Crippen LogP) is 3.47. The summed E-state index contributed by atoms with van der Waals surface area (Å²) in [6, 6.07) is 5.23. The zero-order valence-electron chi connectivity index (χ0n) is 13.2. The van der Waals surface area contributed by atoms with Crippen LogP contribution in [0.25, 0.3) is 0 Å². The number of H-pyrrole nitrogens is 1. The molecule has 3 rings (SSSR count). The van der Waals surface area contributed by atoms with Crippen molar-refractivity contribution in [2.75, 3.05) is 13.1 Å². The molecule has 7 heteroatoms. The van der Waals surface area contributed by atoms with Gasteiger partial charge in [-0.25, -0.2) is 4.98 Å². The summed E-state index contributed by atoms with van der Waals surface area (Å²) in [7, 11) is 0. The Morgan fingerprint density at radius 3 is 2.79 bits per heavy atom. The van der Waals surface area contributed by atoms with Gasteiger partial charge in [-0.1, -0.05) is 29.3 Å². The summed E-state index contributed by atoms with van der Waals surface area (Å²) in [6.07, 6.45) is 5.56. The molecular formula is C17H19Cl2N3O2. The zero-order chi connectivity index (χ0) is 16.9. The van der Waals surface area contributed by atoms with E-state index in [4.69, 9.17) is 27.9 Å². The van der Waals surface area contributed by atoms with Gasteiger partial charge in [0.25, 0.3) is 0 Å². The van der Waals surface area contributed by atoms with Gasteiger partial charge >= 0.3 is 0 Å².